The van der Waals surface area contributed by atoms with Crippen molar-refractivity contribution >= 4 is 39.9 Å². The second-order valence-electron chi connectivity index (χ2n) is 6.03. The summed E-state index contributed by atoms with van der Waals surface area (Å²) in [5.41, 5.74) is -0.427. The van der Waals surface area contributed by atoms with E-state index in [0.29, 0.717) is 28.2 Å². The second kappa shape index (κ2) is 8.51. The average Bonchev–Trinajstić information content (AvgIpc) is 2.89. The van der Waals surface area contributed by atoms with Crippen molar-refractivity contribution in [2.45, 2.75) is 39.7 Å². The largest absolute Gasteiger partial charge is 0.478 e. The molecule has 0 radical (unpaired) electrons. The third-order valence-electron chi connectivity index (χ3n) is 3.46. The number of anilines is 1. The zero-order chi connectivity index (χ0) is 19.3. The molecular weight excluding hydrogens is 376 g/mol. The Morgan fingerprint density at radius 1 is 1.27 bits per heavy atom. The van der Waals surface area contributed by atoms with E-state index in [0.717, 1.165) is 4.88 Å². The highest BCUT2D eigenvalue weighted by molar-refractivity contribution is 7.16. The van der Waals surface area contributed by atoms with Crippen molar-refractivity contribution in [3.05, 3.63) is 39.9 Å². The number of hydrogen-bond acceptors (Lipinski definition) is 6. The molecule has 0 bridgehead atoms. The molecule has 2 rings (SSSR count). The lowest BCUT2D eigenvalue weighted by Crippen LogP contribution is -2.42. The molecule has 0 unspecified atom stereocenters. The van der Waals surface area contributed by atoms with Gasteiger partial charge in [-0.3, -0.25) is 14.9 Å². The molecule has 1 N–H and O–H groups in total. The van der Waals surface area contributed by atoms with Crippen LogP contribution in [0.5, 0.6) is 5.75 Å². The summed E-state index contributed by atoms with van der Waals surface area (Å²) in [5.74, 6) is -0.125. The fourth-order valence-electron chi connectivity index (χ4n) is 2.08. The highest BCUT2D eigenvalue weighted by atomic mass is 35.5. The molecule has 140 valence electrons. The van der Waals surface area contributed by atoms with Crippen LogP contribution in [0.4, 0.5) is 5.13 Å². The summed E-state index contributed by atoms with van der Waals surface area (Å²) in [7, 11) is 0. The van der Waals surface area contributed by atoms with Crippen molar-refractivity contribution in [1.29, 1.82) is 0 Å². The Labute approximate surface area is 161 Å². The molecule has 0 atom stereocenters. The van der Waals surface area contributed by atoms with Gasteiger partial charge in [0, 0.05) is 9.90 Å². The Bertz CT molecular complexity index is 787. The van der Waals surface area contributed by atoms with Crippen LogP contribution in [0.25, 0.3) is 0 Å². The molecule has 26 heavy (non-hydrogen) atoms. The number of aromatic nitrogens is 1. The van der Waals surface area contributed by atoms with Crippen molar-refractivity contribution in [3.63, 3.8) is 0 Å². The number of hydrogen-bond donors (Lipinski definition) is 1. The van der Waals surface area contributed by atoms with Crippen molar-refractivity contribution in [2.24, 2.45) is 0 Å². The first kappa shape index (κ1) is 20.2. The first-order valence-electron chi connectivity index (χ1n) is 8.09. The molecule has 1 heterocycles. The fourth-order valence-corrected chi connectivity index (χ4v) is 3.15. The van der Waals surface area contributed by atoms with E-state index in [9.17, 15) is 9.59 Å². The van der Waals surface area contributed by atoms with Gasteiger partial charge in [-0.25, -0.2) is 4.98 Å². The van der Waals surface area contributed by atoms with Gasteiger partial charge in [0.2, 0.25) is 0 Å². The topological polar surface area (TPSA) is 77.5 Å². The Morgan fingerprint density at radius 3 is 2.54 bits per heavy atom. The number of carbonyl (C=O) groups excluding carboxylic acids is 2. The third kappa shape index (κ3) is 5.44. The van der Waals surface area contributed by atoms with Gasteiger partial charge < -0.3 is 9.47 Å². The number of carbonyl (C=O) groups is 2. The summed E-state index contributed by atoms with van der Waals surface area (Å²) in [6.45, 7) is 7.20. The monoisotopic (exact) mass is 396 g/mol. The predicted molar refractivity (Wildman–Crippen MR) is 102 cm³/mol. The smallest absolute Gasteiger partial charge is 0.311 e. The van der Waals surface area contributed by atoms with E-state index in [-0.39, 0.29) is 18.3 Å². The Morgan fingerprint density at radius 2 is 1.92 bits per heavy atom. The van der Waals surface area contributed by atoms with Gasteiger partial charge in [-0.15, -0.1) is 11.3 Å². The van der Waals surface area contributed by atoms with Crippen LogP contribution in [0.15, 0.2) is 24.3 Å². The molecule has 8 heteroatoms. The van der Waals surface area contributed by atoms with Crippen LogP contribution >= 0.6 is 22.9 Å². The van der Waals surface area contributed by atoms with Crippen LogP contribution in [0.1, 0.15) is 31.3 Å². The normalized spacial score (nSPS) is 11.1. The highest BCUT2D eigenvalue weighted by Crippen LogP contribution is 2.26. The molecule has 1 amide bonds. The van der Waals surface area contributed by atoms with Gasteiger partial charge in [-0.05, 0) is 52.0 Å². The number of thiazole rings is 1. The van der Waals surface area contributed by atoms with Crippen LogP contribution in [0.2, 0.25) is 5.02 Å². The molecule has 0 aliphatic rings. The number of amides is 1. The number of benzene rings is 1. The van der Waals surface area contributed by atoms with Gasteiger partial charge in [0.25, 0.3) is 5.91 Å². The van der Waals surface area contributed by atoms with E-state index >= 15 is 0 Å². The molecule has 6 nitrogen and oxygen atoms in total. The van der Waals surface area contributed by atoms with E-state index in [1.54, 1.807) is 52.0 Å². The highest BCUT2D eigenvalue weighted by Gasteiger charge is 2.31. The number of halogens is 1. The van der Waals surface area contributed by atoms with Crippen molar-refractivity contribution in [2.75, 3.05) is 11.9 Å². The lowest BCUT2D eigenvalue weighted by molar-refractivity contribution is -0.142. The summed E-state index contributed by atoms with van der Waals surface area (Å²) in [4.78, 5) is 29.2. The first-order valence-corrected chi connectivity index (χ1v) is 9.28. The van der Waals surface area contributed by atoms with Crippen molar-refractivity contribution < 1.29 is 19.1 Å². The Hall–Kier alpha value is -2.12. The van der Waals surface area contributed by atoms with E-state index in [4.69, 9.17) is 21.1 Å². The van der Waals surface area contributed by atoms with Gasteiger partial charge in [0.05, 0.1) is 18.7 Å². The van der Waals surface area contributed by atoms with E-state index in [1.165, 1.54) is 11.3 Å². The summed E-state index contributed by atoms with van der Waals surface area (Å²) < 4.78 is 10.7. The maximum atomic E-state index is 12.6. The minimum atomic E-state index is -1.12. The van der Waals surface area contributed by atoms with Gasteiger partial charge in [-0.1, -0.05) is 11.6 Å². The number of nitrogens with one attached hydrogen (secondary N) is 1. The minimum absolute atomic E-state index is 0.137. The number of nitrogens with zero attached hydrogens (tertiary/aromatic N) is 1. The van der Waals surface area contributed by atoms with Gasteiger partial charge >= 0.3 is 5.97 Å². The van der Waals surface area contributed by atoms with Crippen LogP contribution in [-0.4, -0.2) is 29.1 Å². The Kier molecular flexibility index (Phi) is 6.61. The molecule has 0 saturated heterocycles. The van der Waals surface area contributed by atoms with Gasteiger partial charge in [0.1, 0.15) is 5.75 Å². The summed E-state index contributed by atoms with van der Waals surface area (Å²) in [5, 5.41) is 3.75. The van der Waals surface area contributed by atoms with Crippen LogP contribution in [0, 0.1) is 6.92 Å². The lowest BCUT2D eigenvalue weighted by atomic mass is 10.1. The van der Waals surface area contributed by atoms with Crippen molar-refractivity contribution in [1.82, 2.24) is 4.98 Å². The molecule has 0 spiro atoms. The number of ether oxygens (including phenoxy) is 2. The molecular formula is C18H21ClN2O4S. The molecule has 0 saturated carbocycles. The predicted octanol–water partition coefficient (Wildman–Crippen LogP) is 4.01. The molecule has 0 fully saturated rings. The summed E-state index contributed by atoms with van der Waals surface area (Å²) >= 11 is 7.10. The van der Waals surface area contributed by atoms with Crippen LogP contribution in [0.3, 0.4) is 0 Å². The van der Waals surface area contributed by atoms with Crippen LogP contribution < -0.4 is 10.1 Å². The average molecular weight is 397 g/mol. The minimum Gasteiger partial charge on any atom is -0.478 e. The zero-order valence-electron chi connectivity index (χ0n) is 15.1. The standard InChI is InChI=1S/C18H21ClN2O4S/c1-5-24-15(22)10-14-11(2)20-17(26-14)21-16(23)18(3,4)25-13-8-6-12(19)7-9-13/h6-9H,5,10H2,1-4H3,(H,20,21,23). The van der Waals surface area contributed by atoms with E-state index < -0.39 is 5.60 Å². The maximum absolute atomic E-state index is 12.6. The van der Waals surface area contributed by atoms with E-state index in [1.807, 2.05) is 0 Å². The molecule has 1 aromatic carbocycles. The summed E-state index contributed by atoms with van der Waals surface area (Å²) in [6.07, 6.45) is 0.137. The first-order chi connectivity index (χ1) is 12.2. The van der Waals surface area contributed by atoms with Crippen LogP contribution in [-0.2, 0) is 20.7 Å². The quantitative estimate of drug-likeness (QED) is 0.715. The lowest BCUT2D eigenvalue weighted by Gasteiger charge is -2.24. The third-order valence-corrected chi connectivity index (χ3v) is 4.78. The number of rotatable bonds is 7. The summed E-state index contributed by atoms with van der Waals surface area (Å²) in [6, 6.07) is 6.78. The maximum Gasteiger partial charge on any atom is 0.311 e. The molecule has 0 aliphatic carbocycles. The van der Waals surface area contributed by atoms with Crippen molar-refractivity contribution in [3.8, 4) is 5.75 Å². The molecule has 2 aromatic rings. The van der Waals surface area contributed by atoms with Gasteiger partial charge in [-0.2, -0.15) is 0 Å². The number of aryl methyl sites for hydroxylation is 1. The van der Waals surface area contributed by atoms with E-state index in [2.05, 4.69) is 10.3 Å². The fraction of sp³-hybridized carbons (Fsp3) is 0.389. The zero-order valence-corrected chi connectivity index (χ0v) is 16.7. The SMILES string of the molecule is CCOC(=O)Cc1sc(NC(=O)C(C)(C)Oc2ccc(Cl)cc2)nc1C. The molecule has 1 aromatic heterocycles. The second-order valence-corrected chi connectivity index (χ2v) is 7.55. The Balaban J connectivity index is 2.03. The van der Waals surface area contributed by atoms with Gasteiger partial charge in [0.15, 0.2) is 10.7 Å². The molecule has 0 aliphatic heterocycles. The number of esters is 1.